The minimum atomic E-state index is -0.889. The summed E-state index contributed by atoms with van der Waals surface area (Å²) < 4.78 is 6.02. The first-order chi connectivity index (χ1) is 18.3. The third kappa shape index (κ3) is 4.82. The number of nitrogens with one attached hydrogen (secondary N) is 1. The van der Waals surface area contributed by atoms with Crippen LogP contribution in [0.3, 0.4) is 0 Å². The molecule has 0 bridgehead atoms. The number of nitro groups is 1. The molecule has 9 nitrogen and oxygen atoms in total. The fourth-order valence-electron chi connectivity index (χ4n) is 4.12. The van der Waals surface area contributed by atoms with Gasteiger partial charge in [-0.2, -0.15) is 0 Å². The van der Waals surface area contributed by atoms with Gasteiger partial charge in [-0.3, -0.25) is 25.0 Å². The molecule has 38 heavy (non-hydrogen) atoms. The quantitative estimate of drug-likeness (QED) is 0.150. The van der Waals surface area contributed by atoms with E-state index in [-0.39, 0.29) is 23.6 Å². The zero-order valence-corrected chi connectivity index (χ0v) is 20.3. The van der Waals surface area contributed by atoms with E-state index in [1.54, 1.807) is 36.4 Å². The van der Waals surface area contributed by atoms with Crippen molar-refractivity contribution in [1.29, 1.82) is 0 Å². The van der Waals surface area contributed by atoms with Gasteiger partial charge in [-0.15, -0.1) is 0 Å². The van der Waals surface area contributed by atoms with Gasteiger partial charge >= 0.3 is 6.03 Å². The Balaban J connectivity index is 1.57. The van der Waals surface area contributed by atoms with Gasteiger partial charge in [-0.05, 0) is 46.7 Å². The topological polar surface area (TPSA) is 119 Å². The van der Waals surface area contributed by atoms with E-state index >= 15 is 0 Å². The van der Waals surface area contributed by atoms with E-state index in [2.05, 4.69) is 5.32 Å². The van der Waals surface area contributed by atoms with Crippen LogP contribution < -0.4 is 15.0 Å². The lowest BCUT2D eigenvalue weighted by Gasteiger charge is -2.26. The van der Waals surface area contributed by atoms with Gasteiger partial charge in [0.2, 0.25) is 0 Å². The number of nitrogens with zero attached hydrogens (tertiary/aromatic N) is 2. The number of carbonyl (C=O) groups excluding carboxylic acids is 3. The van der Waals surface area contributed by atoms with Crippen LogP contribution in [0.25, 0.3) is 16.8 Å². The summed E-state index contributed by atoms with van der Waals surface area (Å²) in [6, 6.07) is 22.2. The molecule has 5 rings (SSSR count). The molecule has 1 heterocycles. The van der Waals surface area contributed by atoms with E-state index in [1.807, 2.05) is 24.3 Å². The number of non-ortho nitro benzene ring substituents is 1. The average Bonchev–Trinajstić information content (AvgIpc) is 2.90. The normalized spacial score (nSPS) is 14.6. The maximum Gasteiger partial charge on any atom is 0.335 e. The van der Waals surface area contributed by atoms with Crippen LogP contribution in [0.2, 0.25) is 5.02 Å². The molecule has 0 unspecified atom stereocenters. The van der Waals surface area contributed by atoms with Crippen molar-refractivity contribution in [2.75, 3.05) is 4.90 Å². The lowest BCUT2D eigenvalue weighted by molar-refractivity contribution is -0.384. The number of ether oxygens (including phenoxy) is 1. The molecule has 4 amide bonds. The number of halogens is 1. The third-order valence-corrected chi connectivity index (χ3v) is 6.14. The molecule has 0 spiro atoms. The van der Waals surface area contributed by atoms with Gasteiger partial charge < -0.3 is 4.74 Å². The predicted molar refractivity (Wildman–Crippen MR) is 142 cm³/mol. The summed E-state index contributed by atoms with van der Waals surface area (Å²) in [5.74, 6) is -1.33. The van der Waals surface area contributed by atoms with Crippen LogP contribution in [-0.4, -0.2) is 22.8 Å². The Morgan fingerprint density at radius 3 is 2.53 bits per heavy atom. The highest BCUT2D eigenvalue weighted by atomic mass is 35.5. The van der Waals surface area contributed by atoms with Crippen LogP contribution in [0.15, 0.2) is 90.5 Å². The lowest BCUT2D eigenvalue weighted by Crippen LogP contribution is -2.54. The van der Waals surface area contributed by atoms with E-state index in [0.29, 0.717) is 27.3 Å². The Labute approximate surface area is 221 Å². The standard InChI is InChI=1S/C28H18ClN3O6/c29-19-7-4-8-20(14-19)31-27(34)24(26(33)30-28(31)35)15-23-22-10-2-1-6-18(22)11-12-25(23)38-16-17-5-3-9-21(13-17)32(36)37/h1-15H,16H2,(H,30,33,35)/b24-15+. The molecule has 10 heteroatoms. The highest BCUT2D eigenvalue weighted by Gasteiger charge is 2.37. The van der Waals surface area contributed by atoms with E-state index in [9.17, 15) is 24.5 Å². The number of amides is 4. The van der Waals surface area contributed by atoms with Crippen LogP contribution in [0.1, 0.15) is 11.1 Å². The van der Waals surface area contributed by atoms with Crippen molar-refractivity contribution in [3.8, 4) is 5.75 Å². The van der Waals surface area contributed by atoms with Crippen molar-refractivity contribution >= 4 is 57.7 Å². The number of rotatable bonds is 6. The first kappa shape index (κ1) is 24.7. The molecule has 1 aliphatic heterocycles. The fraction of sp³-hybridized carbons (Fsp3) is 0.0357. The number of hydrogen-bond acceptors (Lipinski definition) is 6. The Morgan fingerprint density at radius 2 is 1.74 bits per heavy atom. The van der Waals surface area contributed by atoms with Gasteiger partial charge in [-0.25, -0.2) is 9.69 Å². The number of nitro benzene ring substituents is 1. The second-order valence-corrected chi connectivity index (χ2v) is 8.79. The minimum absolute atomic E-state index is 0.00343. The minimum Gasteiger partial charge on any atom is -0.488 e. The van der Waals surface area contributed by atoms with Gasteiger partial charge in [0.25, 0.3) is 17.5 Å². The summed E-state index contributed by atoms with van der Waals surface area (Å²) in [5.41, 5.74) is 0.865. The molecule has 4 aromatic carbocycles. The Kier molecular flexibility index (Phi) is 6.59. The zero-order chi connectivity index (χ0) is 26.8. The van der Waals surface area contributed by atoms with Crippen molar-refractivity contribution < 1.29 is 24.0 Å². The third-order valence-electron chi connectivity index (χ3n) is 5.90. The number of urea groups is 1. The van der Waals surface area contributed by atoms with Crippen LogP contribution >= 0.6 is 11.6 Å². The summed E-state index contributed by atoms with van der Waals surface area (Å²) in [7, 11) is 0. The summed E-state index contributed by atoms with van der Waals surface area (Å²) >= 11 is 6.05. The van der Waals surface area contributed by atoms with Crippen molar-refractivity contribution in [2.45, 2.75) is 6.61 Å². The second-order valence-electron chi connectivity index (χ2n) is 8.35. The van der Waals surface area contributed by atoms with Gasteiger partial charge in [0.05, 0.1) is 10.6 Å². The number of hydrogen-bond donors (Lipinski definition) is 1. The molecule has 1 N–H and O–H groups in total. The number of imide groups is 2. The zero-order valence-electron chi connectivity index (χ0n) is 19.6. The van der Waals surface area contributed by atoms with Crippen molar-refractivity contribution in [1.82, 2.24) is 5.32 Å². The number of carbonyl (C=O) groups is 3. The van der Waals surface area contributed by atoms with Crippen LogP contribution in [0.5, 0.6) is 5.75 Å². The highest BCUT2D eigenvalue weighted by molar-refractivity contribution is 6.39. The van der Waals surface area contributed by atoms with Crippen LogP contribution in [0, 0.1) is 10.1 Å². The summed E-state index contributed by atoms with van der Waals surface area (Å²) in [6.07, 6.45) is 1.38. The Bertz CT molecular complexity index is 1670. The maximum absolute atomic E-state index is 13.4. The first-order valence-corrected chi connectivity index (χ1v) is 11.7. The number of anilines is 1. The van der Waals surface area contributed by atoms with Crippen LogP contribution in [-0.2, 0) is 16.2 Å². The monoisotopic (exact) mass is 527 g/mol. The molecule has 0 aromatic heterocycles. The number of fused-ring (bicyclic) bond motifs is 1. The number of barbiturate groups is 1. The molecule has 0 atom stereocenters. The molecule has 4 aromatic rings. The molecule has 1 fully saturated rings. The summed E-state index contributed by atoms with van der Waals surface area (Å²) in [5, 5.41) is 15.2. The lowest BCUT2D eigenvalue weighted by atomic mass is 9.99. The van der Waals surface area contributed by atoms with E-state index in [1.165, 1.54) is 30.3 Å². The molecule has 0 aliphatic carbocycles. The molecule has 0 saturated carbocycles. The first-order valence-electron chi connectivity index (χ1n) is 11.4. The van der Waals surface area contributed by atoms with E-state index in [4.69, 9.17) is 16.3 Å². The van der Waals surface area contributed by atoms with Gasteiger partial charge in [0, 0.05) is 22.7 Å². The van der Waals surface area contributed by atoms with Gasteiger partial charge in [0.1, 0.15) is 17.9 Å². The largest absolute Gasteiger partial charge is 0.488 e. The second kappa shape index (κ2) is 10.2. The Morgan fingerprint density at radius 1 is 0.947 bits per heavy atom. The molecule has 0 radical (unpaired) electrons. The predicted octanol–water partition coefficient (Wildman–Crippen LogP) is 5.65. The molecule has 1 aliphatic rings. The van der Waals surface area contributed by atoms with Crippen molar-refractivity contribution in [3.05, 3.63) is 117 Å². The molecular formula is C28H18ClN3O6. The van der Waals surface area contributed by atoms with E-state index in [0.717, 1.165) is 10.3 Å². The van der Waals surface area contributed by atoms with E-state index < -0.39 is 22.8 Å². The summed E-state index contributed by atoms with van der Waals surface area (Å²) in [6.45, 7) is 0.00343. The highest BCUT2D eigenvalue weighted by Crippen LogP contribution is 2.33. The van der Waals surface area contributed by atoms with Crippen molar-refractivity contribution in [2.24, 2.45) is 0 Å². The molecule has 1 saturated heterocycles. The van der Waals surface area contributed by atoms with Gasteiger partial charge in [0.15, 0.2) is 0 Å². The summed E-state index contributed by atoms with van der Waals surface area (Å²) in [4.78, 5) is 50.3. The van der Waals surface area contributed by atoms with Crippen LogP contribution in [0.4, 0.5) is 16.2 Å². The SMILES string of the molecule is O=C1NC(=O)N(c2cccc(Cl)c2)C(=O)/C1=C/c1c(OCc2cccc([N+](=O)[O-])c2)ccc2ccccc12. The average molecular weight is 528 g/mol. The van der Waals surface area contributed by atoms with Crippen molar-refractivity contribution in [3.63, 3.8) is 0 Å². The smallest absolute Gasteiger partial charge is 0.335 e. The maximum atomic E-state index is 13.4. The molecular weight excluding hydrogens is 510 g/mol. The Hall–Kier alpha value is -5.02. The molecule has 188 valence electrons. The number of benzene rings is 4. The fourth-order valence-corrected chi connectivity index (χ4v) is 4.31. The van der Waals surface area contributed by atoms with Gasteiger partial charge in [-0.1, -0.05) is 60.1 Å².